The molecule has 0 spiro atoms. The first-order valence-corrected chi connectivity index (χ1v) is 7.00. The van der Waals surface area contributed by atoms with Gasteiger partial charge in [0.2, 0.25) is 11.8 Å². The fraction of sp³-hybridized carbons (Fsp3) is 0.467. The number of hydrogen-bond acceptors (Lipinski definition) is 3. The van der Waals surface area contributed by atoms with E-state index >= 15 is 0 Å². The highest BCUT2D eigenvalue weighted by Crippen LogP contribution is 2.18. The maximum atomic E-state index is 12.0. The lowest BCUT2D eigenvalue weighted by atomic mass is 10.1. The zero-order valence-electron chi connectivity index (χ0n) is 12.9. The molecular formula is C15H19F3N2O3. The Kier molecular flexibility index (Phi) is 7.02. The minimum Gasteiger partial charge on any atom is -0.362 e. The predicted molar refractivity (Wildman–Crippen MR) is 78.7 cm³/mol. The number of amides is 2. The van der Waals surface area contributed by atoms with Gasteiger partial charge in [-0.3, -0.25) is 9.59 Å². The number of benzene rings is 1. The Morgan fingerprint density at radius 1 is 1.26 bits per heavy atom. The molecule has 128 valence electrons. The van der Waals surface area contributed by atoms with Crippen LogP contribution in [0.1, 0.15) is 19.4 Å². The van der Waals surface area contributed by atoms with Crippen molar-refractivity contribution < 1.29 is 27.5 Å². The fourth-order valence-electron chi connectivity index (χ4n) is 1.88. The van der Waals surface area contributed by atoms with Gasteiger partial charge in [-0.1, -0.05) is 18.2 Å². The summed E-state index contributed by atoms with van der Waals surface area (Å²) >= 11 is 0. The van der Waals surface area contributed by atoms with Crippen molar-refractivity contribution in [2.75, 3.05) is 25.1 Å². The number of rotatable bonds is 7. The van der Waals surface area contributed by atoms with Gasteiger partial charge in [0.1, 0.15) is 13.2 Å². The predicted octanol–water partition coefficient (Wildman–Crippen LogP) is 2.57. The van der Waals surface area contributed by atoms with E-state index in [-0.39, 0.29) is 5.91 Å². The van der Waals surface area contributed by atoms with Crippen LogP contribution in [0.25, 0.3) is 0 Å². The van der Waals surface area contributed by atoms with Crippen molar-refractivity contribution in [3.8, 4) is 0 Å². The maximum Gasteiger partial charge on any atom is 0.411 e. The number of nitrogens with one attached hydrogen (secondary N) is 1. The van der Waals surface area contributed by atoms with Crippen LogP contribution in [-0.2, 0) is 20.9 Å². The van der Waals surface area contributed by atoms with Crippen molar-refractivity contribution in [2.24, 2.45) is 0 Å². The Morgan fingerprint density at radius 3 is 2.48 bits per heavy atom. The van der Waals surface area contributed by atoms with Gasteiger partial charge in [0.25, 0.3) is 0 Å². The summed E-state index contributed by atoms with van der Waals surface area (Å²) in [5, 5.41) is 2.50. The number of hydrogen-bond donors (Lipinski definition) is 1. The van der Waals surface area contributed by atoms with Crippen LogP contribution in [0.2, 0.25) is 0 Å². The normalized spacial score (nSPS) is 11.2. The van der Waals surface area contributed by atoms with Crippen LogP contribution in [0.15, 0.2) is 24.3 Å². The summed E-state index contributed by atoms with van der Waals surface area (Å²) in [6.45, 7) is 1.90. The number of carbonyl (C=O) groups is 2. The van der Waals surface area contributed by atoms with Crippen LogP contribution >= 0.6 is 0 Å². The molecule has 8 heteroatoms. The lowest BCUT2D eigenvalue weighted by Crippen LogP contribution is -2.29. The average Bonchev–Trinajstić information content (AvgIpc) is 2.44. The van der Waals surface area contributed by atoms with Gasteiger partial charge in [-0.2, -0.15) is 13.2 Å². The SMILES string of the molecule is CCN(Cc1ccccc1NC(=O)COCC(F)(F)F)C(C)=O. The fourth-order valence-corrected chi connectivity index (χ4v) is 1.88. The van der Waals surface area contributed by atoms with Gasteiger partial charge in [-0.05, 0) is 18.6 Å². The standard InChI is InChI=1S/C15H19F3N2O3/c1-3-20(11(2)21)8-12-6-4-5-7-13(12)19-14(22)9-23-10-15(16,17)18/h4-7H,3,8-10H2,1-2H3,(H,19,22). The van der Waals surface area contributed by atoms with Crippen molar-refractivity contribution in [3.05, 3.63) is 29.8 Å². The summed E-state index contributed by atoms with van der Waals surface area (Å²) in [5.74, 6) is -0.797. The van der Waals surface area contributed by atoms with E-state index in [1.807, 2.05) is 6.92 Å². The van der Waals surface area contributed by atoms with Gasteiger partial charge < -0.3 is 15.0 Å². The van der Waals surface area contributed by atoms with Crippen LogP contribution in [-0.4, -0.2) is 42.6 Å². The molecule has 0 atom stereocenters. The zero-order valence-corrected chi connectivity index (χ0v) is 12.9. The molecule has 0 aliphatic carbocycles. The molecule has 0 heterocycles. The third-order valence-electron chi connectivity index (χ3n) is 2.98. The van der Waals surface area contributed by atoms with E-state index in [9.17, 15) is 22.8 Å². The van der Waals surface area contributed by atoms with E-state index in [0.29, 0.717) is 24.3 Å². The Balaban J connectivity index is 2.66. The van der Waals surface area contributed by atoms with Crippen LogP contribution in [0.3, 0.4) is 0 Å². The summed E-state index contributed by atoms with van der Waals surface area (Å²) in [6, 6.07) is 6.78. The van der Waals surface area contributed by atoms with Gasteiger partial charge in [0.05, 0.1) is 0 Å². The summed E-state index contributed by atoms with van der Waals surface area (Å²) in [5.41, 5.74) is 1.13. The molecular weight excluding hydrogens is 313 g/mol. The van der Waals surface area contributed by atoms with Crippen molar-refractivity contribution in [3.63, 3.8) is 0 Å². The second kappa shape index (κ2) is 8.52. The summed E-state index contributed by atoms with van der Waals surface area (Å²) in [7, 11) is 0. The molecule has 0 saturated carbocycles. The number of para-hydroxylation sites is 1. The van der Waals surface area contributed by atoms with Crippen LogP contribution in [0.5, 0.6) is 0 Å². The monoisotopic (exact) mass is 332 g/mol. The minimum atomic E-state index is -4.47. The highest BCUT2D eigenvalue weighted by molar-refractivity contribution is 5.92. The lowest BCUT2D eigenvalue weighted by molar-refractivity contribution is -0.174. The molecule has 0 unspecified atom stereocenters. The first kappa shape index (κ1) is 19.0. The molecule has 0 radical (unpaired) electrons. The highest BCUT2D eigenvalue weighted by atomic mass is 19.4. The third-order valence-corrected chi connectivity index (χ3v) is 2.98. The number of alkyl halides is 3. The molecule has 0 aliphatic rings. The van der Waals surface area contributed by atoms with E-state index in [1.165, 1.54) is 6.92 Å². The summed E-state index contributed by atoms with van der Waals surface area (Å²) in [4.78, 5) is 24.7. The van der Waals surface area contributed by atoms with Gasteiger partial charge in [-0.15, -0.1) is 0 Å². The van der Waals surface area contributed by atoms with Crippen molar-refractivity contribution in [1.29, 1.82) is 0 Å². The maximum absolute atomic E-state index is 12.0. The van der Waals surface area contributed by atoms with Crippen molar-refractivity contribution in [1.82, 2.24) is 4.90 Å². The van der Waals surface area contributed by atoms with Crippen molar-refractivity contribution in [2.45, 2.75) is 26.6 Å². The number of carbonyl (C=O) groups excluding carboxylic acids is 2. The van der Waals surface area contributed by atoms with Crippen molar-refractivity contribution >= 4 is 17.5 Å². The third kappa shape index (κ3) is 7.14. The largest absolute Gasteiger partial charge is 0.411 e. The van der Waals surface area contributed by atoms with Gasteiger partial charge in [0.15, 0.2) is 0 Å². The Bertz CT molecular complexity index is 547. The minimum absolute atomic E-state index is 0.109. The molecule has 1 N–H and O–H groups in total. The Labute approximate surface area is 132 Å². The van der Waals surface area contributed by atoms with Gasteiger partial charge >= 0.3 is 6.18 Å². The Morgan fingerprint density at radius 2 is 1.91 bits per heavy atom. The molecule has 0 aromatic heterocycles. The highest BCUT2D eigenvalue weighted by Gasteiger charge is 2.27. The van der Waals surface area contributed by atoms with E-state index < -0.39 is 25.3 Å². The molecule has 5 nitrogen and oxygen atoms in total. The first-order valence-electron chi connectivity index (χ1n) is 7.00. The number of halogens is 3. The topological polar surface area (TPSA) is 58.6 Å². The number of anilines is 1. The van der Waals surface area contributed by atoms with E-state index in [0.717, 1.165) is 0 Å². The molecule has 0 bridgehead atoms. The second-order valence-corrected chi connectivity index (χ2v) is 4.85. The van der Waals surface area contributed by atoms with E-state index in [4.69, 9.17) is 0 Å². The molecule has 1 aromatic rings. The number of ether oxygens (including phenoxy) is 1. The molecule has 0 saturated heterocycles. The summed E-state index contributed by atoms with van der Waals surface area (Å²) < 4.78 is 40.2. The van der Waals surface area contributed by atoms with Crippen LogP contribution in [0.4, 0.5) is 18.9 Å². The second-order valence-electron chi connectivity index (χ2n) is 4.85. The molecule has 0 aliphatic heterocycles. The average molecular weight is 332 g/mol. The molecule has 1 rings (SSSR count). The van der Waals surface area contributed by atoms with Crippen LogP contribution < -0.4 is 5.32 Å². The molecule has 1 aromatic carbocycles. The smallest absolute Gasteiger partial charge is 0.362 e. The summed E-state index contributed by atoms with van der Waals surface area (Å²) in [6.07, 6.45) is -4.47. The zero-order chi connectivity index (χ0) is 17.5. The van der Waals surface area contributed by atoms with Gasteiger partial charge in [0, 0.05) is 25.7 Å². The van der Waals surface area contributed by atoms with E-state index in [1.54, 1.807) is 29.2 Å². The first-order chi connectivity index (χ1) is 10.7. The number of nitrogens with zero attached hydrogens (tertiary/aromatic N) is 1. The van der Waals surface area contributed by atoms with Crippen LogP contribution in [0, 0.1) is 0 Å². The molecule has 0 fully saturated rings. The molecule has 23 heavy (non-hydrogen) atoms. The van der Waals surface area contributed by atoms with Gasteiger partial charge in [-0.25, -0.2) is 0 Å². The van der Waals surface area contributed by atoms with E-state index in [2.05, 4.69) is 10.1 Å². The lowest BCUT2D eigenvalue weighted by Gasteiger charge is -2.21. The molecule has 2 amide bonds. The Hall–Kier alpha value is -2.09. The quantitative estimate of drug-likeness (QED) is 0.835.